The number of aryl methyl sites for hydroxylation is 2. The Hall–Kier alpha value is -3.44. The number of halogens is 1. The third kappa shape index (κ3) is 3.91. The quantitative estimate of drug-likeness (QED) is 0.493. The van der Waals surface area contributed by atoms with Crippen molar-refractivity contribution in [1.29, 1.82) is 0 Å². The second kappa shape index (κ2) is 7.89. The molecule has 0 saturated heterocycles. The molecule has 1 heterocycles. The zero-order chi connectivity index (χ0) is 20.4. The van der Waals surface area contributed by atoms with Gasteiger partial charge in [-0.3, -0.25) is 4.79 Å². The largest absolute Gasteiger partial charge is 0.319 e. The molecule has 6 heteroatoms. The number of amides is 1. The highest BCUT2D eigenvalue weighted by Gasteiger charge is 2.20. The second-order valence-electron chi connectivity index (χ2n) is 6.73. The molecule has 0 radical (unpaired) electrons. The van der Waals surface area contributed by atoms with E-state index in [1.807, 2.05) is 74.5 Å². The minimum Gasteiger partial charge on any atom is -0.319 e. The van der Waals surface area contributed by atoms with Crippen LogP contribution in [0, 0.1) is 13.8 Å². The number of aromatic nitrogens is 3. The zero-order valence-corrected chi connectivity index (χ0v) is 16.8. The summed E-state index contributed by atoms with van der Waals surface area (Å²) in [5, 5.41) is 8.08. The molecule has 0 bridgehead atoms. The zero-order valence-electron chi connectivity index (χ0n) is 16.1. The first-order valence-electron chi connectivity index (χ1n) is 9.19. The van der Waals surface area contributed by atoms with Gasteiger partial charge in [0.25, 0.3) is 5.91 Å². The van der Waals surface area contributed by atoms with Crippen molar-refractivity contribution in [3.8, 4) is 17.1 Å². The van der Waals surface area contributed by atoms with Gasteiger partial charge >= 0.3 is 0 Å². The summed E-state index contributed by atoms with van der Waals surface area (Å²) < 4.78 is 1.67. The van der Waals surface area contributed by atoms with Crippen LogP contribution in [0.2, 0.25) is 5.02 Å². The Morgan fingerprint density at radius 2 is 1.55 bits per heavy atom. The third-order valence-electron chi connectivity index (χ3n) is 4.63. The maximum absolute atomic E-state index is 12.9. The van der Waals surface area contributed by atoms with Gasteiger partial charge in [0.15, 0.2) is 5.82 Å². The van der Waals surface area contributed by atoms with Crippen LogP contribution in [0.15, 0.2) is 72.8 Å². The Balaban J connectivity index is 1.77. The smallest absolute Gasteiger partial charge is 0.295 e. The van der Waals surface area contributed by atoms with Crippen molar-refractivity contribution in [1.82, 2.24) is 14.8 Å². The molecule has 4 aromatic rings. The Kier molecular flexibility index (Phi) is 5.14. The summed E-state index contributed by atoms with van der Waals surface area (Å²) in [5.74, 6) is 0.313. The average Bonchev–Trinajstić information content (AvgIpc) is 3.17. The van der Waals surface area contributed by atoms with Crippen LogP contribution in [0.5, 0.6) is 0 Å². The van der Waals surface area contributed by atoms with Crippen molar-refractivity contribution in [2.24, 2.45) is 0 Å². The molecule has 1 aromatic heterocycles. The molecule has 0 aliphatic heterocycles. The summed E-state index contributed by atoms with van der Waals surface area (Å²) >= 11 is 6.02. The van der Waals surface area contributed by atoms with E-state index in [1.165, 1.54) is 0 Å². The second-order valence-corrected chi connectivity index (χ2v) is 7.17. The van der Waals surface area contributed by atoms with Gasteiger partial charge in [-0.05, 0) is 61.4 Å². The van der Waals surface area contributed by atoms with Crippen molar-refractivity contribution < 1.29 is 4.79 Å². The van der Waals surface area contributed by atoms with Crippen LogP contribution in [0.25, 0.3) is 17.1 Å². The molecule has 1 N–H and O–H groups in total. The van der Waals surface area contributed by atoms with Gasteiger partial charge in [0, 0.05) is 16.3 Å². The molecular weight excluding hydrogens is 384 g/mol. The number of nitrogens with zero attached hydrogens (tertiary/aromatic N) is 3. The summed E-state index contributed by atoms with van der Waals surface area (Å²) in [6, 6.07) is 22.8. The molecule has 29 heavy (non-hydrogen) atoms. The van der Waals surface area contributed by atoms with E-state index in [0.29, 0.717) is 10.8 Å². The maximum Gasteiger partial charge on any atom is 0.295 e. The Labute approximate surface area is 174 Å². The lowest BCUT2D eigenvalue weighted by Crippen LogP contribution is -2.16. The highest BCUT2D eigenvalue weighted by atomic mass is 35.5. The first-order chi connectivity index (χ1) is 14.0. The van der Waals surface area contributed by atoms with E-state index in [4.69, 9.17) is 11.6 Å². The van der Waals surface area contributed by atoms with E-state index in [-0.39, 0.29) is 11.7 Å². The van der Waals surface area contributed by atoms with Gasteiger partial charge in [-0.1, -0.05) is 48.0 Å². The van der Waals surface area contributed by atoms with E-state index < -0.39 is 0 Å². The minimum absolute atomic E-state index is 0.0986. The average molecular weight is 403 g/mol. The maximum atomic E-state index is 12.9. The summed E-state index contributed by atoms with van der Waals surface area (Å²) in [6.45, 7) is 3.91. The van der Waals surface area contributed by atoms with E-state index in [2.05, 4.69) is 15.4 Å². The number of carbonyl (C=O) groups is 1. The molecule has 4 rings (SSSR count). The molecule has 0 unspecified atom stereocenters. The fraction of sp³-hybridized carbons (Fsp3) is 0.0870. The lowest BCUT2D eigenvalue weighted by molar-refractivity contribution is 0.101. The van der Waals surface area contributed by atoms with Gasteiger partial charge in [0.2, 0.25) is 5.82 Å². The van der Waals surface area contributed by atoms with Crippen LogP contribution in [0.3, 0.4) is 0 Å². The van der Waals surface area contributed by atoms with Crippen molar-refractivity contribution >= 4 is 23.2 Å². The van der Waals surface area contributed by atoms with Crippen molar-refractivity contribution in [3.05, 3.63) is 94.8 Å². The van der Waals surface area contributed by atoms with Gasteiger partial charge < -0.3 is 5.32 Å². The van der Waals surface area contributed by atoms with Gasteiger partial charge in [0.05, 0.1) is 5.69 Å². The molecule has 0 spiro atoms. The first kappa shape index (κ1) is 18.9. The molecule has 0 aliphatic rings. The molecule has 144 valence electrons. The Morgan fingerprint density at radius 3 is 2.21 bits per heavy atom. The summed E-state index contributed by atoms with van der Waals surface area (Å²) in [7, 11) is 0. The number of para-hydroxylation sites is 2. The summed E-state index contributed by atoms with van der Waals surface area (Å²) in [6.07, 6.45) is 0. The molecule has 0 atom stereocenters. The van der Waals surface area contributed by atoms with E-state index in [9.17, 15) is 4.79 Å². The molecule has 0 saturated carbocycles. The fourth-order valence-electron chi connectivity index (χ4n) is 3.12. The van der Waals surface area contributed by atoms with Crippen LogP contribution in [0.4, 0.5) is 5.69 Å². The van der Waals surface area contributed by atoms with Gasteiger partial charge in [-0.25, -0.2) is 9.67 Å². The number of anilines is 1. The van der Waals surface area contributed by atoms with Crippen LogP contribution in [-0.4, -0.2) is 20.7 Å². The number of carbonyl (C=O) groups excluding carboxylic acids is 1. The van der Waals surface area contributed by atoms with Gasteiger partial charge in [0.1, 0.15) is 0 Å². The predicted molar refractivity (Wildman–Crippen MR) is 116 cm³/mol. The molecule has 3 aromatic carbocycles. The first-order valence-corrected chi connectivity index (χ1v) is 9.57. The van der Waals surface area contributed by atoms with Gasteiger partial charge in [-0.15, -0.1) is 5.10 Å². The SMILES string of the molecule is Cc1cccc(C)c1NC(=O)c1nc(-c2ccc(Cl)cc2)n(-c2ccccc2)n1. The number of rotatable bonds is 4. The standard InChI is InChI=1S/C23H19ClN4O/c1-15-7-6-8-16(2)20(15)25-23(29)21-26-22(17-11-13-18(24)14-12-17)28(27-21)19-9-4-3-5-10-19/h3-14H,1-2H3,(H,25,29). The van der Waals surface area contributed by atoms with Crippen molar-refractivity contribution in [3.63, 3.8) is 0 Å². The minimum atomic E-state index is -0.354. The highest BCUT2D eigenvalue weighted by molar-refractivity contribution is 6.30. The van der Waals surface area contributed by atoms with Crippen LogP contribution in [-0.2, 0) is 0 Å². The molecule has 1 amide bonds. The van der Waals surface area contributed by atoms with E-state index >= 15 is 0 Å². The van der Waals surface area contributed by atoms with E-state index in [1.54, 1.807) is 16.8 Å². The monoisotopic (exact) mass is 402 g/mol. The molecule has 0 aliphatic carbocycles. The fourth-order valence-corrected chi connectivity index (χ4v) is 3.25. The van der Waals surface area contributed by atoms with Gasteiger partial charge in [-0.2, -0.15) is 0 Å². The lowest BCUT2D eigenvalue weighted by atomic mass is 10.1. The van der Waals surface area contributed by atoms with Crippen LogP contribution >= 0.6 is 11.6 Å². The van der Waals surface area contributed by atoms with Crippen molar-refractivity contribution in [2.75, 3.05) is 5.32 Å². The normalized spacial score (nSPS) is 10.7. The number of hydrogen-bond acceptors (Lipinski definition) is 3. The summed E-state index contributed by atoms with van der Waals surface area (Å²) in [5.41, 5.74) is 4.38. The lowest BCUT2D eigenvalue weighted by Gasteiger charge is -2.09. The Morgan fingerprint density at radius 1 is 0.897 bits per heavy atom. The third-order valence-corrected chi connectivity index (χ3v) is 4.89. The number of nitrogens with one attached hydrogen (secondary N) is 1. The van der Waals surface area contributed by atoms with Crippen LogP contribution in [0.1, 0.15) is 21.7 Å². The number of benzene rings is 3. The Bertz CT molecular complexity index is 1150. The van der Waals surface area contributed by atoms with E-state index in [0.717, 1.165) is 28.1 Å². The molecule has 0 fully saturated rings. The molecule has 5 nitrogen and oxygen atoms in total. The number of hydrogen-bond donors (Lipinski definition) is 1. The topological polar surface area (TPSA) is 59.8 Å². The van der Waals surface area contributed by atoms with Crippen LogP contribution < -0.4 is 5.32 Å². The summed E-state index contributed by atoms with van der Waals surface area (Å²) in [4.78, 5) is 17.5. The highest BCUT2D eigenvalue weighted by Crippen LogP contribution is 2.24. The molecular formula is C23H19ClN4O. The predicted octanol–water partition coefficient (Wildman–Crippen LogP) is 5.46. The van der Waals surface area contributed by atoms with Crippen molar-refractivity contribution in [2.45, 2.75) is 13.8 Å².